The van der Waals surface area contributed by atoms with E-state index >= 15 is 0 Å². The normalized spacial score (nSPS) is 13.4. The molecule has 0 aliphatic rings. The number of nitrogens with one attached hydrogen (secondary N) is 1. The Morgan fingerprint density at radius 2 is 1.83 bits per heavy atom. The maximum Gasteiger partial charge on any atom is 0.397 e. The van der Waals surface area contributed by atoms with E-state index in [9.17, 15) is 8.42 Å². The Morgan fingerprint density at radius 1 is 1.13 bits per heavy atom. The third-order valence-corrected chi connectivity index (χ3v) is 3.70. The van der Waals surface area contributed by atoms with Crippen molar-refractivity contribution < 1.29 is 21.9 Å². The second-order valence-corrected chi connectivity index (χ2v) is 6.55. The third-order valence-electron chi connectivity index (χ3n) is 3.19. The van der Waals surface area contributed by atoms with Crippen LogP contribution in [0.4, 0.5) is 0 Å². The van der Waals surface area contributed by atoms with Gasteiger partial charge in [0.05, 0.1) is 0 Å². The van der Waals surface area contributed by atoms with E-state index in [0.29, 0.717) is 5.75 Å². The summed E-state index contributed by atoms with van der Waals surface area (Å²) in [6, 6.07) is 13.5. The summed E-state index contributed by atoms with van der Waals surface area (Å²) in [5, 5.41) is 5.01. The van der Waals surface area contributed by atoms with E-state index in [1.54, 1.807) is 0 Å². The van der Waals surface area contributed by atoms with E-state index in [0.717, 1.165) is 10.8 Å². The third kappa shape index (κ3) is 5.80. The highest BCUT2D eigenvalue weighted by Gasteiger charge is 2.18. The quantitative estimate of drug-likeness (QED) is 0.719. The molecular weight excluding hydrogens is 318 g/mol. The molecule has 0 spiro atoms. The molecular formula is C16H21NO5S. The highest BCUT2D eigenvalue weighted by atomic mass is 32.3. The van der Waals surface area contributed by atoms with Gasteiger partial charge in [-0.2, -0.15) is 8.42 Å². The monoisotopic (exact) mass is 339 g/mol. The summed E-state index contributed by atoms with van der Waals surface area (Å²) >= 11 is 0. The van der Waals surface area contributed by atoms with Gasteiger partial charge in [0.1, 0.15) is 18.5 Å². The molecule has 0 unspecified atom stereocenters. The number of ether oxygens (including phenoxy) is 1. The van der Waals surface area contributed by atoms with E-state index in [2.05, 4.69) is 9.50 Å². The van der Waals surface area contributed by atoms with Crippen LogP contribution >= 0.6 is 0 Å². The van der Waals surface area contributed by atoms with Crippen molar-refractivity contribution in [3.05, 3.63) is 42.5 Å². The van der Waals surface area contributed by atoms with E-state index in [1.807, 2.05) is 56.3 Å². The summed E-state index contributed by atoms with van der Waals surface area (Å²) in [5.41, 5.74) is 0. The van der Waals surface area contributed by atoms with Crippen LogP contribution in [0.15, 0.2) is 42.5 Å². The Morgan fingerprint density at radius 3 is 2.52 bits per heavy atom. The van der Waals surface area contributed by atoms with Crippen molar-refractivity contribution in [2.75, 3.05) is 13.2 Å². The van der Waals surface area contributed by atoms with Crippen LogP contribution in [0.2, 0.25) is 0 Å². The molecule has 0 aromatic heterocycles. The average molecular weight is 339 g/mol. The smallest absolute Gasteiger partial charge is 0.397 e. The molecule has 126 valence electrons. The van der Waals surface area contributed by atoms with Gasteiger partial charge in [-0.3, -0.25) is 4.55 Å². The Kier molecular flexibility index (Phi) is 5.95. The topological polar surface area (TPSA) is 84.9 Å². The van der Waals surface area contributed by atoms with Crippen molar-refractivity contribution in [3.63, 3.8) is 0 Å². The van der Waals surface area contributed by atoms with Crippen molar-refractivity contribution >= 4 is 21.2 Å². The molecule has 23 heavy (non-hydrogen) atoms. The summed E-state index contributed by atoms with van der Waals surface area (Å²) < 4.78 is 41.2. The molecule has 0 amide bonds. The van der Waals surface area contributed by atoms with Crippen molar-refractivity contribution in [1.29, 1.82) is 0 Å². The van der Waals surface area contributed by atoms with Crippen LogP contribution < -0.4 is 10.1 Å². The maximum absolute atomic E-state index is 11.0. The maximum atomic E-state index is 11.0. The lowest BCUT2D eigenvalue weighted by atomic mass is 10.1. The number of fused-ring (bicyclic) bond motifs is 1. The predicted octanol–water partition coefficient (Wildman–Crippen LogP) is 2.40. The summed E-state index contributed by atoms with van der Waals surface area (Å²) in [5.74, 6) is 0.636. The standard InChI is InChI=1S/C16H21NO5S/c1-12(2)17-10-14(22-23(18,19)20)11-21-16-9-5-7-13-6-3-4-8-15(13)16/h3-9,12,14,17H,10-11H2,1-2H3,(H,18,19,20)/t14-/m0/s1. The molecule has 0 fully saturated rings. The number of hydrogen-bond acceptors (Lipinski definition) is 5. The summed E-state index contributed by atoms with van der Waals surface area (Å²) in [6.07, 6.45) is -0.827. The Hall–Kier alpha value is -1.67. The predicted molar refractivity (Wildman–Crippen MR) is 89.0 cm³/mol. The van der Waals surface area contributed by atoms with E-state index < -0.39 is 16.5 Å². The van der Waals surface area contributed by atoms with Gasteiger partial charge >= 0.3 is 10.4 Å². The second-order valence-electron chi connectivity index (χ2n) is 5.50. The molecule has 0 heterocycles. The Balaban J connectivity index is 2.09. The minimum absolute atomic E-state index is 0.00643. The summed E-state index contributed by atoms with van der Waals surface area (Å²) in [4.78, 5) is 0. The van der Waals surface area contributed by atoms with Gasteiger partial charge in [0.25, 0.3) is 0 Å². The van der Waals surface area contributed by atoms with Gasteiger partial charge in [-0.05, 0) is 11.5 Å². The van der Waals surface area contributed by atoms with Crippen LogP contribution in [0.5, 0.6) is 5.75 Å². The van der Waals surface area contributed by atoms with Crippen LogP contribution in [0.1, 0.15) is 13.8 Å². The molecule has 0 radical (unpaired) electrons. The lowest BCUT2D eigenvalue weighted by Gasteiger charge is -2.19. The van der Waals surface area contributed by atoms with Gasteiger partial charge in [-0.25, -0.2) is 4.18 Å². The molecule has 2 aromatic carbocycles. The first-order valence-electron chi connectivity index (χ1n) is 7.35. The lowest BCUT2D eigenvalue weighted by molar-refractivity contribution is 0.117. The number of rotatable bonds is 8. The molecule has 7 heteroatoms. The molecule has 0 aliphatic heterocycles. The summed E-state index contributed by atoms with van der Waals surface area (Å²) in [6.45, 7) is 4.09. The van der Waals surface area contributed by atoms with Crippen LogP contribution in [0, 0.1) is 0 Å². The van der Waals surface area contributed by atoms with Crippen molar-refractivity contribution in [2.24, 2.45) is 0 Å². The average Bonchev–Trinajstić information content (AvgIpc) is 2.48. The van der Waals surface area contributed by atoms with Gasteiger partial charge in [0.2, 0.25) is 0 Å². The number of benzene rings is 2. The summed E-state index contributed by atoms with van der Waals surface area (Å²) in [7, 11) is -4.54. The van der Waals surface area contributed by atoms with Gasteiger partial charge < -0.3 is 10.1 Å². The first-order valence-corrected chi connectivity index (χ1v) is 8.71. The molecule has 6 nitrogen and oxygen atoms in total. The first kappa shape index (κ1) is 17.7. The molecule has 0 bridgehead atoms. The zero-order chi connectivity index (χ0) is 16.9. The molecule has 2 N–H and O–H groups in total. The zero-order valence-electron chi connectivity index (χ0n) is 13.1. The second kappa shape index (κ2) is 7.74. The van der Waals surface area contributed by atoms with Gasteiger partial charge in [0.15, 0.2) is 0 Å². The van der Waals surface area contributed by atoms with Crippen LogP contribution in [0.3, 0.4) is 0 Å². The largest absolute Gasteiger partial charge is 0.490 e. The fourth-order valence-electron chi connectivity index (χ4n) is 2.16. The minimum atomic E-state index is -4.54. The van der Waals surface area contributed by atoms with Gasteiger partial charge in [-0.15, -0.1) is 0 Å². The van der Waals surface area contributed by atoms with E-state index in [1.165, 1.54) is 0 Å². The molecule has 0 saturated carbocycles. The first-order chi connectivity index (χ1) is 10.8. The Bertz CT molecular complexity index is 740. The zero-order valence-corrected chi connectivity index (χ0v) is 13.9. The van der Waals surface area contributed by atoms with Crippen LogP contribution in [-0.2, 0) is 14.6 Å². The molecule has 0 saturated heterocycles. The number of hydrogen-bond donors (Lipinski definition) is 2. The fourth-order valence-corrected chi connectivity index (χ4v) is 2.63. The molecule has 1 atom stereocenters. The molecule has 0 aliphatic carbocycles. The van der Waals surface area contributed by atoms with Gasteiger partial charge in [-0.1, -0.05) is 50.2 Å². The SMILES string of the molecule is CC(C)NC[C@@H](COc1cccc2ccccc12)OS(=O)(=O)O. The highest BCUT2D eigenvalue weighted by molar-refractivity contribution is 7.80. The Labute approximate surface area is 136 Å². The van der Waals surface area contributed by atoms with Crippen molar-refractivity contribution in [3.8, 4) is 5.75 Å². The lowest BCUT2D eigenvalue weighted by Crippen LogP contribution is -2.38. The van der Waals surface area contributed by atoms with Crippen molar-refractivity contribution in [1.82, 2.24) is 5.32 Å². The van der Waals surface area contributed by atoms with Gasteiger partial charge in [0, 0.05) is 18.0 Å². The van der Waals surface area contributed by atoms with Crippen molar-refractivity contribution in [2.45, 2.75) is 26.0 Å². The highest BCUT2D eigenvalue weighted by Crippen LogP contribution is 2.25. The van der Waals surface area contributed by atoms with E-state index in [4.69, 9.17) is 9.29 Å². The minimum Gasteiger partial charge on any atom is -0.490 e. The van der Waals surface area contributed by atoms with Crippen LogP contribution in [-0.4, -0.2) is 38.3 Å². The fraction of sp³-hybridized carbons (Fsp3) is 0.375. The molecule has 2 aromatic rings. The molecule has 2 rings (SSSR count). The van der Waals surface area contributed by atoms with E-state index in [-0.39, 0.29) is 19.2 Å². The van der Waals surface area contributed by atoms with Crippen LogP contribution in [0.25, 0.3) is 10.8 Å².